The van der Waals surface area contributed by atoms with Gasteiger partial charge in [0, 0.05) is 0 Å². The highest BCUT2D eigenvalue weighted by Crippen LogP contribution is 2.36. The van der Waals surface area contributed by atoms with E-state index in [0.29, 0.717) is 22.9 Å². The summed E-state index contributed by atoms with van der Waals surface area (Å²) in [6, 6.07) is 14.5. The predicted octanol–water partition coefficient (Wildman–Crippen LogP) is 2.66. The summed E-state index contributed by atoms with van der Waals surface area (Å²) in [6.45, 7) is 0.222. The van der Waals surface area contributed by atoms with E-state index in [1.165, 1.54) is 4.90 Å². The van der Waals surface area contributed by atoms with Crippen molar-refractivity contribution in [1.82, 2.24) is 10.2 Å². The van der Waals surface area contributed by atoms with Crippen molar-refractivity contribution < 1.29 is 23.5 Å². The third-order valence-corrected chi connectivity index (χ3v) is 5.40. The van der Waals surface area contributed by atoms with Crippen LogP contribution in [0, 0.1) is 0 Å². The molecule has 0 unspecified atom stereocenters. The first-order valence-electron chi connectivity index (χ1n) is 9.21. The number of thioether (sulfide) groups is 1. The fourth-order valence-corrected chi connectivity index (χ4v) is 3.85. The molecule has 2 aliphatic rings. The maximum atomic E-state index is 12.7. The van der Waals surface area contributed by atoms with Gasteiger partial charge in [-0.2, -0.15) is 0 Å². The number of nitrogens with zero attached hydrogens (tertiary/aromatic N) is 3. The number of ether oxygens (including phenoxy) is 2. The van der Waals surface area contributed by atoms with Crippen LogP contribution in [-0.2, 0) is 9.59 Å². The average molecular weight is 424 g/mol. The molecule has 0 saturated heterocycles. The van der Waals surface area contributed by atoms with Gasteiger partial charge in [0.1, 0.15) is 13.2 Å². The molecule has 1 aromatic heterocycles. The fraction of sp³-hybridized carbons (Fsp3) is 0.200. The number of hydrogen-bond acceptors (Lipinski definition) is 8. The van der Waals surface area contributed by atoms with Crippen LogP contribution in [0.2, 0.25) is 0 Å². The lowest BCUT2D eigenvalue weighted by Gasteiger charge is -2.28. The first-order valence-corrected chi connectivity index (χ1v) is 10.2. The molecule has 10 heteroatoms. The van der Waals surface area contributed by atoms with Crippen LogP contribution in [0.1, 0.15) is 12.0 Å². The molecule has 0 aliphatic carbocycles. The molecule has 1 N–H and O–H groups in total. The van der Waals surface area contributed by atoms with E-state index >= 15 is 0 Å². The van der Waals surface area contributed by atoms with E-state index in [2.05, 4.69) is 15.5 Å². The third kappa shape index (κ3) is 3.57. The average Bonchev–Trinajstić information content (AvgIpc) is 3.25. The molecule has 152 valence electrons. The van der Waals surface area contributed by atoms with Gasteiger partial charge >= 0.3 is 0 Å². The van der Waals surface area contributed by atoms with Gasteiger partial charge in [0.05, 0.1) is 17.1 Å². The van der Waals surface area contributed by atoms with Crippen LogP contribution in [0.15, 0.2) is 58.2 Å². The molecule has 2 aliphatic heterocycles. The fourth-order valence-electron chi connectivity index (χ4n) is 3.21. The number of rotatable bonds is 4. The Morgan fingerprint density at radius 3 is 2.83 bits per heavy atom. The van der Waals surface area contributed by atoms with Gasteiger partial charge in [-0.25, -0.2) is 0 Å². The molecule has 9 nitrogen and oxygen atoms in total. The highest BCUT2D eigenvalue weighted by molar-refractivity contribution is 7.99. The Morgan fingerprint density at radius 2 is 1.93 bits per heavy atom. The number of hydrogen-bond donors (Lipinski definition) is 1. The van der Waals surface area contributed by atoms with E-state index in [0.717, 1.165) is 11.8 Å². The normalized spacial score (nSPS) is 17.3. The first kappa shape index (κ1) is 18.5. The quantitative estimate of drug-likeness (QED) is 0.637. The Bertz CT molecular complexity index is 1120. The highest BCUT2D eigenvalue weighted by atomic mass is 32.2. The Hall–Kier alpha value is -3.53. The number of carbonyl (C=O) groups excluding carboxylic acids is 2. The number of para-hydroxylation sites is 4. The van der Waals surface area contributed by atoms with Crippen molar-refractivity contribution in [2.75, 3.05) is 29.1 Å². The van der Waals surface area contributed by atoms with Gasteiger partial charge in [-0.1, -0.05) is 36.0 Å². The summed E-state index contributed by atoms with van der Waals surface area (Å²) >= 11 is 1.11. The summed E-state index contributed by atoms with van der Waals surface area (Å²) in [6.07, 6.45) is -0.518. The van der Waals surface area contributed by atoms with Gasteiger partial charge < -0.3 is 24.1 Å². The van der Waals surface area contributed by atoms with E-state index in [1.807, 2.05) is 24.3 Å². The smallest absolute Gasteiger partial charge is 0.277 e. The minimum atomic E-state index is -0.518. The minimum absolute atomic E-state index is 0.0296. The maximum absolute atomic E-state index is 12.7. The maximum Gasteiger partial charge on any atom is 0.277 e. The second-order valence-electron chi connectivity index (χ2n) is 6.60. The number of carbonyl (C=O) groups is 2. The van der Waals surface area contributed by atoms with Gasteiger partial charge in [-0.15, -0.1) is 10.2 Å². The number of nitrogens with one attached hydrogen (secondary N) is 1. The van der Waals surface area contributed by atoms with Crippen molar-refractivity contribution in [3.8, 4) is 11.5 Å². The van der Waals surface area contributed by atoms with Crippen molar-refractivity contribution >= 4 is 35.0 Å². The molecular weight excluding hydrogens is 408 g/mol. The topological polar surface area (TPSA) is 107 Å². The van der Waals surface area contributed by atoms with Crippen molar-refractivity contribution in [1.29, 1.82) is 0 Å². The van der Waals surface area contributed by atoms with Crippen LogP contribution >= 0.6 is 11.8 Å². The van der Waals surface area contributed by atoms with Crippen LogP contribution in [0.4, 0.5) is 11.4 Å². The number of amides is 2. The zero-order valence-corrected chi connectivity index (χ0v) is 16.4. The number of fused-ring (bicyclic) bond motifs is 2. The molecule has 1 atom stereocenters. The molecule has 0 fully saturated rings. The van der Waals surface area contributed by atoms with Gasteiger partial charge in [-0.05, 0) is 24.3 Å². The largest absolute Gasteiger partial charge is 0.485 e. The Morgan fingerprint density at radius 1 is 1.13 bits per heavy atom. The van der Waals surface area contributed by atoms with E-state index in [4.69, 9.17) is 13.9 Å². The van der Waals surface area contributed by atoms with Crippen LogP contribution in [0.5, 0.6) is 11.5 Å². The summed E-state index contributed by atoms with van der Waals surface area (Å²) in [5.74, 6) is 1.14. The van der Waals surface area contributed by atoms with Gasteiger partial charge in [0.25, 0.3) is 11.1 Å². The lowest BCUT2D eigenvalue weighted by atomic mass is 10.2. The molecular formula is C20H16N4O5S. The second-order valence-corrected chi connectivity index (χ2v) is 7.53. The Balaban J connectivity index is 1.24. The summed E-state index contributed by atoms with van der Waals surface area (Å²) < 4.78 is 17.2. The predicted molar refractivity (Wildman–Crippen MR) is 108 cm³/mol. The Kier molecular flexibility index (Phi) is 4.75. The SMILES string of the molecule is O=C1CN(C(=O)CSc2nnc([C@@H]3COc4ccccc4O3)o2)c2ccccc2N1. The Labute approximate surface area is 175 Å². The minimum Gasteiger partial charge on any atom is -0.485 e. The summed E-state index contributed by atoms with van der Waals surface area (Å²) in [4.78, 5) is 26.1. The molecule has 3 aromatic rings. The summed E-state index contributed by atoms with van der Waals surface area (Å²) in [5.41, 5.74) is 1.28. The monoisotopic (exact) mass is 424 g/mol. The van der Waals surface area contributed by atoms with Crippen molar-refractivity contribution in [2.24, 2.45) is 0 Å². The second kappa shape index (κ2) is 7.71. The van der Waals surface area contributed by atoms with Crippen LogP contribution in [0.25, 0.3) is 0 Å². The standard InChI is InChI=1S/C20H16N4O5S/c25-17-9-24(13-6-2-1-5-12(13)21-17)18(26)11-30-20-23-22-19(29-20)16-10-27-14-7-3-4-8-15(14)28-16/h1-8,16H,9-11H2,(H,21,25)/t16-/m0/s1. The number of aromatic nitrogens is 2. The van der Waals surface area contributed by atoms with Gasteiger partial charge in [-0.3, -0.25) is 9.59 Å². The zero-order valence-electron chi connectivity index (χ0n) is 15.6. The van der Waals surface area contributed by atoms with E-state index < -0.39 is 6.10 Å². The molecule has 0 spiro atoms. The van der Waals surface area contributed by atoms with E-state index in [9.17, 15) is 9.59 Å². The van der Waals surface area contributed by atoms with E-state index in [1.54, 1.807) is 24.3 Å². The summed E-state index contributed by atoms with van der Waals surface area (Å²) in [5, 5.41) is 11.0. The first-order chi connectivity index (χ1) is 14.7. The van der Waals surface area contributed by atoms with Crippen molar-refractivity contribution in [3.63, 3.8) is 0 Å². The molecule has 5 rings (SSSR count). The van der Waals surface area contributed by atoms with Gasteiger partial charge in [0.2, 0.25) is 17.9 Å². The molecule has 30 heavy (non-hydrogen) atoms. The number of anilines is 2. The highest BCUT2D eigenvalue weighted by Gasteiger charge is 2.29. The van der Waals surface area contributed by atoms with Gasteiger partial charge in [0.15, 0.2) is 11.5 Å². The van der Waals surface area contributed by atoms with Crippen molar-refractivity contribution in [2.45, 2.75) is 11.3 Å². The molecule has 0 bridgehead atoms. The third-order valence-electron chi connectivity index (χ3n) is 4.60. The molecule has 2 aromatic carbocycles. The van der Waals surface area contributed by atoms with Crippen LogP contribution < -0.4 is 19.7 Å². The molecule has 2 amide bonds. The summed E-state index contributed by atoms with van der Waals surface area (Å²) in [7, 11) is 0. The lowest BCUT2D eigenvalue weighted by molar-refractivity contribution is -0.120. The molecule has 3 heterocycles. The molecule has 0 radical (unpaired) electrons. The number of benzene rings is 2. The van der Waals surface area contributed by atoms with Crippen LogP contribution in [-0.4, -0.2) is 40.9 Å². The van der Waals surface area contributed by atoms with E-state index in [-0.39, 0.29) is 41.8 Å². The van der Waals surface area contributed by atoms with Crippen LogP contribution in [0.3, 0.4) is 0 Å². The zero-order chi connectivity index (χ0) is 20.5. The molecule has 0 saturated carbocycles. The lowest BCUT2D eigenvalue weighted by Crippen LogP contribution is -2.43. The van der Waals surface area contributed by atoms with Crippen molar-refractivity contribution in [3.05, 3.63) is 54.4 Å².